The van der Waals surface area contributed by atoms with Gasteiger partial charge in [-0.05, 0) is 6.07 Å². The van der Waals surface area contributed by atoms with Crippen molar-refractivity contribution < 1.29 is 9.59 Å². The molecule has 0 spiro atoms. The van der Waals surface area contributed by atoms with Crippen molar-refractivity contribution in [3.63, 3.8) is 0 Å². The molecule has 7 nitrogen and oxygen atoms in total. The largest absolute Gasteiger partial charge is 0.357 e. The number of piperazine rings is 1. The maximum atomic E-state index is 11.8. The number of carbonyl (C=O) groups is 2. The molecule has 0 bridgehead atoms. The summed E-state index contributed by atoms with van der Waals surface area (Å²) >= 11 is 0. The number of aromatic nitrogens is 2. The van der Waals surface area contributed by atoms with Gasteiger partial charge >= 0.3 is 11.8 Å². The monoisotopic (exact) mass is 249 g/mol. The first-order valence-electron chi connectivity index (χ1n) is 5.66. The Labute approximate surface area is 105 Å². The predicted octanol–water partition coefficient (Wildman–Crippen LogP) is -0.681. The summed E-state index contributed by atoms with van der Waals surface area (Å²) in [6.45, 7) is 1.41. The van der Waals surface area contributed by atoms with Crippen LogP contribution in [0.5, 0.6) is 0 Å². The Balaban J connectivity index is 2.09. The van der Waals surface area contributed by atoms with Crippen LogP contribution in [0.1, 0.15) is 5.69 Å². The highest BCUT2D eigenvalue weighted by atomic mass is 16.2. The van der Waals surface area contributed by atoms with Crippen molar-refractivity contribution in [2.75, 3.05) is 32.5 Å². The lowest BCUT2D eigenvalue weighted by Gasteiger charge is -2.31. The van der Waals surface area contributed by atoms with Crippen LogP contribution in [0, 0.1) is 0 Å². The van der Waals surface area contributed by atoms with Crippen LogP contribution in [-0.2, 0) is 16.1 Å². The van der Waals surface area contributed by atoms with Crippen molar-refractivity contribution >= 4 is 17.8 Å². The molecule has 96 valence electrons. The van der Waals surface area contributed by atoms with E-state index in [0.717, 1.165) is 0 Å². The number of carbonyl (C=O) groups excluding carboxylic acids is 2. The van der Waals surface area contributed by atoms with Crippen molar-refractivity contribution in [1.29, 1.82) is 0 Å². The van der Waals surface area contributed by atoms with E-state index in [-0.39, 0.29) is 0 Å². The first-order chi connectivity index (χ1) is 8.61. The van der Waals surface area contributed by atoms with E-state index >= 15 is 0 Å². The highest BCUT2D eigenvalue weighted by molar-refractivity contribution is 6.35. The summed E-state index contributed by atoms with van der Waals surface area (Å²) in [5.74, 6) is -0.446. The van der Waals surface area contributed by atoms with E-state index in [0.29, 0.717) is 31.3 Å². The molecule has 0 unspecified atom stereocenters. The van der Waals surface area contributed by atoms with Crippen molar-refractivity contribution in [1.82, 2.24) is 19.8 Å². The summed E-state index contributed by atoms with van der Waals surface area (Å²) in [6, 6.07) is 1.73. The third-order valence-electron chi connectivity index (χ3n) is 2.81. The van der Waals surface area contributed by atoms with E-state index in [1.807, 2.05) is 0 Å². The minimum atomic E-state index is -0.478. The Morgan fingerprint density at radius 1 is 1.33 bits per heavy atom. The summed E-state index contributed by atoms with van der Waals surface area (Å²) in [7, 11) is 3.35. The number of likely N-dealkylation sites (N-methyl/N-ethyl adjacent to an activating group) is 1. The lowest BCUT2D eigenvalue weighted by Crippen LogP contribution is -2.52. The van der Waals surface area contributed by atoms with Gasteiger partial charge in [0.2, 0.25) is 5.95 Å². The molecule has 2 rings (SSSR count). The summed E-state index contributed by atoms with van der Waals surface area (Å²) < 4.78 is 0. The quantitative estimate of drug-likeness (QED) is 0.718. The minimum absolute atomic E-state index is 0.329. The summed E-state index contributed by atoms with van der Waals surface area (Å²) in [4.78, 5) is 34.5. The van der Waals surface area contributed by atoms with Gasteiger partial charge in [-0.15, -0.1) is 0 Å². The number of nitrogens with zero attached hydrogens (tertiary/aromatic N) is 4. The van der Waals surface area contributed by atoms with Crippen LogP contribution < -0.4 is 5.32 Å². The summed E-state index contributed by atoms with van der Waals surface area (Å²) in [5, 5.41) is 2.83. The fourth-order valence-electron chi connectivity index (χ4n) is 1.72. The molecule has 0 radical (unpaired) electrons. The van der Waals surface area contributed by atoms with Gasteiger partial charge in [-0.3, -0.25) is 9.59 Å². The lowest BCUT2D eigenvalue weighted by molar-refractivity contribution is -0.155. The van der Waals surface area contributed by atoms with Gasteiger partial charge in [0.25, 0.3) is 0 Å². The molecule has 0 aromatic carbocycles. The Morgan fingerprint density at radius 2 is 2.11 bits per heavy atom. The third-order valence-corrected chi connectivity index (χ3v) is 2.81. The van der Waals surface area contributed by atoms with Crippen molar-refractivity contribution in [3.8, 4) is 0 Å². The zero-order valence-corrected chi connectivity index (χ0v) is 10.4. The van der Waals surface area contributed by atoms with Crippen LogP contribution >= 0.6 is 0 Å². The lowest BCUT2D eigenvalue weighted by atomic mass is 10.2. The molecule has 1 saturated heterocycles. The number of hydrogen-bond donors (Lipinski definition) is 1. The summed E-state index contributed by atoms with van der Waals surface area (Å²) in [5.41, 5.74) is 0.708. The van der Waals surface area contributed by atoms with Crippen LogP contribution in [0.15, 0.2) is 12.3 Å². The molecule has 1 aliphatic heterocycles. The second-order valence-corrected chi connectivity index (χ2v) is 4.08. The van der Waals surface area contributed by atoms with Gasteiger partial charge in [0, 0.05) is 33.4 Å². The van der Waals surface area contributed by atoms with Gasteiger partial charge in [-0.2, -0.15) is 0 Å². The molecular weight excluding hydrogens is 234 g/mol. The Morgan fingerprint density at radius 3 is 2.83 bits per heavy atom. The van der Waals surface area contributed by atoms with Crippen LogP contribution in [0.3, 0.4) is 0 Å². The number of nitrogens with one attached hydrogen (secondary N) is 1. The number of amides is 2. The van der Waals surface area contributed by atoms with Gasteiger partial charge < -0.3 is 15.1 Å². The molecule has 0 saturated carbocycles. The smallest absolute Gasteiger partial charge is 0.312 e. The molecule has 0 aliphatic carbocycles. The Kier molecular flexibility index (Phi) is 3.40. The molecule has 18 heavy (non-hydrogen) atoms. The molecule has 2 amide bonds. The standard InChI is InChI=1S/C11H15N5O2/c1-12-11-13-4-3-8(14-11)7-16-6-5-15(2)9(17)10(16)18/h3-4H,5-7H2,1-2H3,(H,12,13,14). The predicted molar refractivity (Wildman–Crippen MR) is 64.6 cm³/mol. The van der Waals surface area contributed by atoms with Gasteiger partial charge in [0.15, 0.2) is 0 Å². The number of anilines is 1. The molecule has 0 atom stereocenters. The first kappa shape index (κ1) is 12.3. The van der Waals surface area contributed by atoms with Crippen molar-refractivity contribution in [3.05, 3.63) is 18.0 Å². The molecular formula is C11H15N5O2. The van der Waals surface area contributed by atoms with Crippen LogP contribution in [0.4, 0.5) is 5.95 Å². The van der Waals surface area contributed by atoms with Crippen LogP contribution in [0.2, 0.25) is 0 Å². The van der Waals surface area contributed by atoms with E-state index in [2.05, 4.69) is 15.3 Å². The van der Waals surface area contributed by atoms with Crippen LogP contribution in [0.25, 0.3) is 0 Å². The second-order valence-electron chi connectivity index (χ2n) is 4.08. The first-order valence-corrected chi connectivity index (χ1v) is 5.66. The molecule has 1 aliphatic rings. The van der Waals surface area contributed by atoms with Crippen molar-refractivity contribution in [2.24, 2.45) is 0 Å². The SMILES string of the molecule is CNc1nccc(CN2CCN(C)C(=O)C2=O)n1. The van der Waals surface area contributed by atoms with Crippen molar-refractivity contribution in [2.45, 2.75) is 6.54 Å². The van der Waals surface area contributed by atoms with Gasteiger partial charge in [0.1, 0.15) is 0 Å². The Bertz CT molecular complexity index is 476. The van der Waals surface area contributed by atoms with E-state index < -0.39 is 11.8 Å². The maximum absolute atomic E-state index is 11.8. The summed E-state index contributed by atoms with van der Waals surface area (Å²) in [6.07, 6.45) is 1.62. The maximum Gasteiger partial charge on any atom is 0.312 e. The number of hydrogen-bond acceptors (Lipinski definition) is 5. The van der Waals surface area contributed by atoms with E-state index in [9.17, 15) is 9.59 Å². The fraction of sp³-hybridized carbons (Fsp3) is 0.455. The van der Waals surface area contributed by atoms with Gasteiger partial charge in [-0.1, -0.05) is 0 Å². The zero-order chi connectivity index (χ0) is 13.1. The molecule has 1 aromatic rings. The average molecular weight is 249 g/mol. The molecule has 1 fully saturated rings. The third kappa shape index (κ3) is 2.39. The topological polar surface area (TPSA) is 78.4 Å². The Hall–Kier alpha value is -2.18. The fourth-order valence-corrected chi connectivity index (χ4v) is 1.72. The second kappa shape index (κ2) is 4.99. The van der Waals surface area contributed by atoms with E-state index in [1.165, 1.54) is 9.80 Å². The van der Waals surface area contributed by atoms with E-state index in [1.54, 1.807) is 26.4 Å². The highest BCUT2D eigenvalue weighted by Crippen LogP contribution is 2.08. The van der Waals surface area contributed by atoms with Gasteiger partial charge in [-0.25, -0.2) is 9.97 Å². The molecule has 1 N–H and O–H groups in total. The molecule has 1 aromatic heterocycles. The highest BCUT2D eigenvalue weighted by Gasteiger charge is 2.30. The zero-order valence-electron chi connectivity index (χ0n) is 10.4. The molecule has 2 heterocycles. The van der Waals surface area contributed by atoms with Crippen LogP contribution in [-0.4, -0.2) is 58.8 Å². The molecule has 7 heteroatoms. The number of rotatable bonds is 3. The van der Waals surface area contributed by atoms with E-state index in [4.69, 9.17) is 0 Å². The minimum Gasteiger partial charge on any atom is -0.357 e. The average Bonchev–Trinajstić information content (AvgIpc) is 2.40. The normalized spacial score (nSPS) is 16.1. The van der Waals surface area contributed by atoms with Gasteiger partial charge in [0.05, 0.1) is 12.2 Å².